The quantitative estimate of drug-likeness (QED) is 0.500. The van der Waals surface area contributed by atoms with Crippen molar-refractivity contribution >= 4 is 22.0 Å². The molecular formula is C19H19F3N2O4S. The fraction of sp³-hybridized carbons (Fsp3) is 0.211. The third-order valence-electron chi connectivity index (χ3n) is 3.75. The van der Waals surface area contributed by atoms with Gasteiger partial charge in [0.25, 0.3) is 0 Å². The summed E-state index contributed by atoms with van der Waals surface area (Å²) < 4.78 is 69.1. The van der Waals surface area contributed by atoms with Crippen LogP contribution < -0.4 is 14.8 Å². The number of ether oxygens (including phenoxy) is 1. The van der Waals surface area contributed by atoms with Crippen molar-refractivity contribution in [3.63, 3.8) is 0 Å². The predicted molar refractivity (Wildman–Crippen MR) is 102 cm³/mol. The van der Waals surface area contributed by atoms with Crippen molar-refractivity contribution in [1.82, 2.24) is 10.0 Å². The Hall–Kier alpha value is -2.85. The van der Waals surface area contributed by atoms with Crippen molar-refractivity contribution in [3.8, 4) is 5.75 Å². The molecule has 0 aliphatic carbocycles. The van der Waals surface area contributed by atoms with E-state index >= 15 is 0 Å². The summed E-state index contributed by atoms with van der Waals surface area (Å²) in [4.78, 5) is 11.8. The third-order valence-corrected chi connectivity index (χ3v) is 5.23. The summed E-state index contributed by atoms with van der Waals surface area (Å²) in [6.45, 7) is -0.000207. The first-order valence-corrected chi connectivity index (χ1v) is 9.87. The summed E-state index contributed by atoms with van der Waals surface area (Å²) in [5.41, 5.74) is -0.350. The first kappa shape index (κ1) is 22.4. The highest BCUT2D eigenvalue weighted by Gasteiger charge is 2.29. The van der Waals surface area contributed by atoms with Crippen LogP contribution in [0, 0.1) is 0 Å². The molecule has 2 aromatic carbocycles. The van der Waals surface area contributed by atoms with Gasteiger partial charge in [-0.2, -0.15) is 13.2 Å². The molecule has 0 atom stereocenters. The minimum atomic E-state index is -4.42. The van der Waals surface area contributed by atoms with Crippen molar-refractivity contribution in [2.75, 3.05) is 20.2 Å². The summed E-state index contributed by atoms with van der Waals surface area (Å²) in [5, 5.41) is 2.48. The summed E-state index contributed by atoms with van der Waals surface area (Å²) in [7, 11) is -2.25. The number of methoxy groups -OCH3 is 1. The Kier molecular flexibility index (Phi) is 7.40. The van der Waals surface area contributed by atoms with Gasteiger partial charge in [0.2, 0.25) is 15.9 Å². The van der Waals surface area contributed by atoms with Gasteiger partial charge in [0, 0.05) is 19.2 Å². The lowest BCUT2D eigenvalue weighted by Gasteiger charge is -2.08. The van der Waals surface area contributed by atoms with Crippen molar-refractivity contribution < 1.29 is 31.1 Å². The number of nitrogens with one attached hydrogen (secondary N) is 2. The number of rotatable bonds is 8. The summed E-state index contributed by atoms with van der Waals surface area (Å²) in [6, 6.07) is 10.2. The number of hydrogen-bond donors (Lipinski definition) is 2. The smallest absolute Gasteiger partial charge is 0.416 e. The lowest BCUT2D eigenvalue weighted by atomic mass is 10.1. The molecule has 1 amide bonds. The van der Waals surface area contributed by atoms with Crippen molar-refractivity contribution in [2.45, 2.75) is 11.1 Å². The maximum atomic E-state index is 12.5. The van der Waals surface area contributed by atoms with Gasteiger partial charge in [-0.3, -0.25) is 4.79 Å². The maximum absolute atomic E-state index is 12.5. The van der Waals surface area contributed by atoms with Crippen LogP contribution >= 0.6 is 0 Å². The molecule has 0 unspecified atom stereocenters. The van der Waals surface area contributed by atoms with Gasteiger partial charge in [0.15, 0.2) is 0 Å². The monoisotopic (exact) mass is 428 g/mol. The highest BCUT2D eigenvalue weighted by molar-refractivity contribution is 7.89. The molecule has 156 valence electrons. The number of sulfonamides is 1. The minimum absolute atomic E-state index is 0.0333. The number of carbonyl (C=O) groups is 1. The highest BCUT2D eigenvalue weighted by atomic mass is 32.2. The van der Waals surface area contributed by atoms with E-state index in [1.54, 1.807) is 0 Å². The largest absolute Gasteiger partial charge is 0.497 e. The summed E-state index contributed by atoms with van der Waals surface area (Å²) in [5.74, 6) is 0.0181. The fourth-order valence-electron chi connectivity index (χ4n) is 2.22. The molecule has 0 aliphatic rings. The van der Waals surface area contributed by atoms with Crippen molar-refractivity contribution in [3.05, 3.63) is 65.7 Å². The van der Waals surface area contributed by atoms with Crippen molar-refractivity contribution in [1.29, 1.82) is 0 Å². The fourth-order valence-corrected chi connectivity index (χ4v) is 3.26. The van der Waals surface area contributed by atoms with E-state index in [2.05, 4.69) is 10.0 Å². The van der Waals surface area contributed by atoms with Crippen LogP contribution in [0.15, 0.2) is 59.5 Å². The number of hydrogen-bond acceptors (Lipinski definition) is 4. The Labute approximate surface area is 166 Å². The normalized spacial score (nSPS) is 12.1. The van der Waals surface area contributed by atoms with E-state index < -0.39 is 27.7 Å². The number of alkyl halides is 3. The highest BCUT2D eigenvalue weighted by Crippen LogP contribution is 2.29. The van der Waals surface area contributed by atoms with Gasteiger partial charge in [-0.15, -0.1) is 0 Å². The molecule has 0 aliphatic heterocycles. The average molecular weight is 428 g/mol. The first-order valence-electron chi connectivity index (χ1n) is 8.39. The van der Waals surface area contributed by atoms with Crippen LogP contribution in [0.5, 0.6) is 5.75 Å². The molecule has 0 saturated carbocycles. The van der Waals surface area contributed by atoms with Crippen LogP contribution in [0.4, 0.5) is 13.2 Å². The van der Waals surface area contributed by atoms with E-state index in [1.807, 2.05) is 0 Å². The van der Waals surface area contributed by atoms with Gasteiger partial charge in [-0.25, -0.2) is 13.1 Å². The standard InChI is InChI=1S/C19H19F3N2O4S/c1-28-16-7-9-17(10-8-16)29(26,27)24-13-12-23-18(25)11-4-14-2-5-15(6-3-14)19(20,21)22/h2-11,24H,12-13H2,1H3,(H,23,25)/b11-4+. The average Bonchev–Trinajstić information content (AvgIpc) is 2.69. The Balaban J connectivity index is 1.79. The maximum Gasteiger partial charge on any atom is 0.416 e. The number of benzene rings is 2. The molecule has 0 fully saturated rings. The van der Waals surface area contributed by atoms with Crippen molar-refractivity contribution in [2.24, 2.45) is 0 Å². The molecular weight excluding hydrogens is 409 g/mol. The molecule has 2 rings (SSSR count). The second-order valence-electron chi connectivity index (χ2n) is 5.82. The van der Waals surface area contributed by atoms with Crippen LogP contribution in [-0.4, -0.2) is 34.5 Å². The van der Waals surface area contributed by atoms with Gasteiger partial charge in [-0.1, -0.05) is 12.1 Å². The molecule has 0 bridgehead atoms. The van der Waals surface area contributed by atoms with Gasteiger partial charge < -0.3 is 10.1 Å². The Morgan fingerprint density at radius 2 is 1.66 bits per heavy atom. The van der Waals surface area contributed by atoms with Crippen LogP contribution in [0.2, 0.25) is 0 Å². The number of carbonyl (C=O) groups excluding carboxylic acids is 1. The summed E-state index contributed by atoms with van der Waals surface area (Å²) in [6.07, 6.45) is -1.91. The Bertz CT molecular complexity index is 954. The third kappa shape index (κ3) is 6.91. The van der Waals surface area contributed by atoms with Gasteiger partial charge in [0.1, 0.15) is 5.75 Å². The zero-order chi connectivity index (χ0) is 21.5. The molecule has 2 aromatic rings. The lowest BCUT2D eigenvalue weighted by molar-refractivity contribution is -0.137. The van der Waals surface area contributed by atoms with Gasteiger partial charge in [0.05, 0.1) is 17.6 Å². The van der Waals surface area contributed by atoms with E-state index in [9.17, 15) is 26.4 Å². The SMILES string of the molecule is COc1ccc(S(=O)(=O)NCCNC(=O)/C=C/c2ccc(C(F)(F)F)cc2)cc1. The van der Waals surface area contributed by atoms with E-state index in [0.29, 0.717) is 11.3 Å². The first-order chi connectivity index (χ1) is 13.6. The molecule has 29 heavy (non-hydrogen) atoms. The van der Waals surface area contributed by atoms with E-state index in [-0.39, 0.29) is 18.0 Å². The Morgan fingerprint density at radius 3 is 2.21 bits per heavy atom. The molecule has 2 N–H and O–H groups in total. The number of amides is 1. The molecule has 0 aromatic heterocycles. The van der Waals surface area contributed by atoms with E-state index in [1.165, 1.54) is 49.6 Å². The number of halogens is 3. The second-order valence-corrected chi connectivity index (χ2v) is 7.58. The minimum Gasteiger partial charge on any atom is -0.497 e. The topological polar surface area (TPSA) is 84.5 Å². The van der Waals surface area contributed by atoms with Crippen LogP contribution in [0.25, 0.3) is 6.08 Å². The van der Waals surface area contributed by atoms with E-state index in [0.717, 1.165) is 18.2 Å². The zero-order valence-electron chi connectivity index (χ0n) is 15.4. The van der Waals surface area contributed by atoms with Gasteiger partial charge in [-0.05, 0) is 48.0 Å². The molecule has 0 heterocycles. The lowest BCUT2D eigenvalue weighted by Crippen LogP contribution is -2.34. The molecule has 0 spiro atoms. The van der Waals surface area contributed by atoms with Gasteiger partial charge >= 0.3 is 6.18 Å². The van der Waals surface area contributed by atoms with Crippen LogP contribution in [0.3, 0.4) is 0 Å². The second kappa shape index (κ2) is 9.57. The zero-order valence-corrected chi connectivity index (χ0v) is 16.2. The Morgan fingerprint density at radius 1 is 1.03 bits per heavy atom. The molecule has 10 heteroatoms. The molecule has 6 nitrogen and oxygen atoms in total. The predicted octanol–water partition coefficient (Wildman–Crippen LogP) is 2.82. The van der Waals surface area contributed by atoms with Crippen LogP contribution in [-0.2, 0) is 21.0 Å². The van der Waals surface area contributed by atoms with E-state index in [4.69, 9.17) is 4.74 Å². The molecule has 0 saturated heterocycles. The van der Waals surface area contributed by atoms with Crippen LogP contribution in [0.1, 0.15) is 11.1 Å². The summed E-state index contributed by atoms with van der Waals surface area (Å²) >= 11 is 0. The molecule has 0 radical (unpaired) electrons.